The third-order valence-electron chi connectivity index (χ3n) is 3.02. The number of aliphatic hydroxyl groups excluding tert-OH is 1. The van der Waals surface area contributed by atoms with Crippen LogP contribution in [0.25, 0.3) is 0 Å². The predicted molar refractivity (Wildman–Crippen MR) is 73.6 cm³/mol. The van der Waals surface area contributed by atoms with Gasteiger partial charge in [0.25, 0.3) is 0 Å². The molecule has 4 nitrogen and oxygen atoms in total. The van der Waals surface area contributed by atoms with Gasteiger partial charge in [0.2, 0.25) is 5.91 Å². The van der Waals surface area contributed by atoms with Crippen LogP contribution in [0.15, 0.2) is 30.3 Å². The van der Waals surface area contributed by atoms with Crippen molar-refractivity contribution in [3.63, 3.8) is 0 Å². The Morgan fingerprint density at radius 1 is 1.28 bits per heavy atom. The third-order valence-corrected chi connectivity index (χ3v) is 3.02. The maximum absolute atomic E-state index is 11.9. The van der Waals surface area contributed by atoms with Crippen molar-refractivity contribution in [3.05, 3.63) is 30.3 Å². The van der Waals surface area contributed by atoms with Crippen LogP contribution in [0.4, 0.5) is 5.69 Å². The first-order valence-electron chi connectivity index (χ1n) is 6.22. The number of amides is 1. The molecule has 1 rings (SSSR count). The quantitative estimate of drug-likeness (QED) is 0.829. The standard InChI is InChI=1S/C14H22N2O2/c1-4-12(11-17)16(10-14(18)15(2)3)13-8-6-5-7-9-13/h5-9,12,17H,4,10-11H2,1-3H3. The summed E-state index contributed by atoms with van der Waals surface area (Å²) in [5, 5.41) is 9.44. The molecule has 0 aromatic heterocycles. The lowest BCUT2D eigenvalue weighted by Gasteiger charge is -2.32. The summed E-state index contributed by atoms with van der Waals surface area (Å²) in [6, 6.07) is 9.70. The molecular weight excluding hydrogens is 228 g/mol. The zero-order chi connectivity index (χ0) is 13.5. The first kappa shape index (κ1) is 14.5. The van der Waals surface area contributed by atoms with Crippen molar-refractivity contribution in [2.24, 2.45) is 0 Å². The van der Waals surface area contributed by atoms with Crippen LogP contribution in [0.3, 0.4) is 0 Å². The van der Waals surface area contributed by atoms with E-state index in [2.05, 4.69) is 0 Å². The number of aliphatic hydroxyl groups is 1. The van der Waals surface area contributed by atoms with Gasteiger partial charge in [0, 0.05) is 19.8 Å². The monoisotopic (exact) mass is 250 g/mol. The van der Waals surface area contributed by atoms with Gasteiger partial charge in [-0.1, -0.05) is 25.1 Å². The maximum atomic E-state index is 11.9. The minimum Gasteiger partial charge on any atom is -0.394 e. The van der Waals surface area contributed by atoms with Crippen LogP contribution in [0.1, 0.15) is 13.3 Å². The molecule has 0 heterocycles. The van der Waals surface area contributed by atoms with Crippen molar-refractivity contribution < 1.29 is 9.90 Å². The summed E-state index contributed by atoms with van der Waals surface area (Å²) >= 11 is 0. The van der Waals surface area contributed by atoms with Gasteiger partial charge in [0.15, 0.2) is 0 Å². The zero-order valence-electron chi connectivity index (χ0n) is 11.3. The highest BCUT2D eigenvalue weighted by atomic mass is 16.3. The summed E-state index contributed by atoms with van der Waals surface area (Å²) in [7, 11) is 3.48. The lowest BCUT2D eigenvalue weighted by atomic mass is 10.1. The topological polar surface area (TPSA) is 43.8 Å². The molecule has 1 N–H and O–H groups in total. The van der Waals surface area contributed by atoms with Gasteiger partial charge >= 0.3 is 0 Å². The highest BCUT2D eigenvalue weighted by molar-refractivity contribution is 5.81. The van der Waals surface area contributed by atoms with Gasteiger partial charge in [0.1, 0.15) is 0 Å². The highest BCUT2D eigenvalue weighted by Gasteiger charge is 2.20. The van der Waals surface area contributed by atoms with Gasteiger partial charge < -0.3 is 14.9 Å². The van der Waals surface area contributed by atoms with Gasteiger partial charge in [0.05, 0.1) is 19.2 Å². The minimum absolute atomic E-state index is 0.0312. The Balaban J connectivity index is 2.92. The Labute approximate surface area is 109 Å². The fraction of sp³-hybridized carbons (Fsp3) is 0.500. The molecule has 100 valence electrons. The molecule has 0 fully saturated rings. The van der Waals surface area contributed by atoms with Crippen LogP contribution in [-0.4, -0.2) is 49.2 Å². The number of anilines is 1. The molecular formula is C14H22N2O2. The molecule has 1 amide bonds. The summed E-state index contributed by atoms with van der Waals surface area (Å²) in [6.07, 6.45) is 0.798. The Morgan fingerprint density at radius 3 is 2.33 bits per heavy atom. The summed E-state index contributed by atoms with van der Waals surface area (Å²) in [6.45, 7) is 2.35. The molecule has 1 aromatic carbocycles. The fourth-order valence-corrected chi connectivity index (χ4v) is 1.79. The van der Waals surface area contributed by atoms with Gasteiger partial charge in [-0.25, -0.2) is 0 Å². The maximum Gasteiger partial charge on any atom is 0.241 e. The van der Waals surface area contributed by atoms with E-state index in [1.54, 1.807) is 19.0 Å². The normalized spacial score (nSPS) is 12.0. The van der Waals surface area contributed by atoms with Gasteiger partial charge in [-0.15, -0.1) is 0 Å². The van der Waals surface area contributed by atoms with E-state index >= 15 is 0 Å². The number of rotatable bonds is 6. The first-order valence-corrected chi connectivity index (χ1v) is 6.22. The lowest BCUT2D eigenvalue weighted by Crippen LogP contribution is -2.44. The van der Waals surface area contributed by atoms with E-state index in [-0.39, 0.29) is 25.1 Å². The van der Waals surface area contributed by atoms with E-state index < -0.39 is 0 Å². The number of hydrogen-bond donors (Lipinski definition) is 1. The average molecular weight is 250 g/mol. The van der Waals surface area contributed by atoms with Crippen LogP contribution >= 0.6 is 0 Å². The van der Waals surface area contributed by atoms with Crippen molar-refractivity contribution in [1.82, 2.24) is 4.90 Å². The molecule has 1 atom stereocenters. The Kier molecular flexibility index (Phi) is 5.65. The molecule has 0 saturated carbocycles. The second kappa shape index (κ2) is 7.01. The molecule has 0 radical (unpaired) electrons. The van der Waals surface area contributed by atoms with E-state index in [1.807, 2.05) is 42.2 Å². The Hall–Kier alpha value is -1.55. The van der Waals surface area contributed by atoms with E-state index in [0.29, 0.717) is 0 Å². The number of hydrogen-bond acceptors (Lipinski definition) is 3. The molecule has 0 aliphatic heterocycles. The number of carbonyl (C=O) groups excluding carboxylic acids is 1. The molecule has 0 bridgehead atoms. The SMILES string of the molecule is CCC(CO)N(CC(=O)N(C)C)c1ccccc1. The summed E-state index contributed by atoms with van der Waals surface area (Å²) in [4.78, 5) is 15.4. The molecule has 0 spiro atoms. The fourth-order valence-electron chi connectivity index (χ4n) is 1.79. The highest BCUT2D eigenvalue weighted by Crippen LogP contribution is 2.18. The Morgan fingerprint density at radius 2 is 1.89 bits per heavy atom. The van der Waals surface area contributed by atoms with E-state index in [9.17, 15) is 9.90 Å². The minimum atomic E-state index is -0.0312. The van der Waals surface area contributed by atoms with E-state index in [4.69, 9.17) is 0 Å². The van der Waals surface area contributed by atoms with Gasteiger partial charge in [-0.3, -0.25) is 4.79 Å². The van der Waals surface area contributed by atoms with Crippen LogP contribution < -0.4 is 4.90 Å². The van der Waals surface area contributed by atoms with Gasteiger partial charge in [-0.2, -0.15) is 0 Å². The molecule has 0 saturated heterocycles. The molecule has 0 aliphatic rings. The third kappa shape index (κ3) is 3.74. The number of nitrogens with zero attached hydrogens (tertiary/aromatic N) is 2. The lowest BCUT2D eigenvalue weighted by molar-refractivity contribution is -0.127. The largest absolute Gasteiger partial charge is 0.394 e. The molecule has 0 aliphatic carbocycles. The first-order chi connectivity index (χ1) is 8.60. The van der Waals surface area contributed by atoms with Crippen molar-refractivity contribution in [2.75, 3.05) is 32.1 Å². The van der Waals surface area contributed by atoms with Crippen LogP contribution in [-0.2, 0) is 4.79 Å². The van der Waals surface area contributed by atoms with Crippen molar-refractivity contribution >= 4 is 11.6 Å². The molecule has 18 heavy (non-hydrogen) atoms. The number of carbonyl (C=O) groups is 1. The zero-order valence-corrected chi connectivity index (χ0v) is 11.3. The average Bonchev–Trinajstić information content (AvgIpc) is 2.39. The van der Waals surface area contributed by atoms with Gasteiger partial charge in [-0.05, 0) is 18.6 Å². The van der Waals surface area contributed by atoms with Crippen molar-refractivity contribution in [2.45, 2.75) is 19.4 Å². The van der Waals surface area contributed by atoms with Crippen LogP contribution in [0.5, 0.6) is 0 Å². The van der Waals surface area contributed by atoms with E-state index in [1.165, 1.54) is 0 Å². The summed E-state index contributed by atoms with van der Waals surface area (Å²) in [5.74, 6) is 0.0331. The summed E-state index contributed by atoms with van der Waals surface area (Å²) in [5.41, 5.74) is 0.966. The molecule has 1 aromatic rings. The Bertz CT molecular complexity index is 361. The summed E-state index contributed by atoms with van der Waals surface area (Å²) < 4.78 is 0. The van der Waals surface area contributed by atoms with Crippen molar-refractivity contribution in [1.29, 1.82) is 0 Å². The van der Waals surface area contributed by atoms with Crippen LogP contribution in [0.2, 0.25) is 0 Å². The second-order valence-corrected chi connectivity index (χ2v) is 4.50. The smallest absolute Gasteiger partial charge is 0.241 e. The van der Waals surface area contributed by atoms with Crippen LogP contribution in [0, 0.1) is 0 Å². The van der Waals surface area contributed by atoms with E-state index in [0.717, 1.165) is 12.1 Å². The number of para-hydroxylation sites is 1. The molecule has 4 heteroatoms. The van der Waals surface area contributed by atoms with Crippen molar-refractivity contribution in [3.8, 4) is 0 Å². The molecule has 1 unspecified atom stereocenters. The second-order valence-electron chi connectivity index (χ2n) is 4.50. The predicted octanol–water partition coefficient (Wildman–Crippen LogP) is 1.35. The number of benzene rings is 1. The number of likely N-dealkylation sites (N-methyl/N-ethyl adjacent to an activating group) is 1.